The van der Waals surface area contributed by atoms with Gasteiger partial charge < -0.3 is 14.5 Å². The molecule has 5 nitrogen and oxygen atoms in total. The average Bonchev–Trinajstić information content (AvgIpc) is 2.77. The Morgan fingerprint density at radius 3 is 2.55 bits per heavy atom. The van der Waals surface area contributed by atoms with Crippen LogP contribution in [-0.4, -0.2) is 33.1 Å². The molecule has 6 heteroatoms. The molecule has 0 aliphatic carbocycles. The fourth-order valence-corrected chi connectivity index (χ4v) is 2.59. The number of methoxy groups -OCH3 is 1. The second-order valence-corrected chi connectivity index (χ2v) is 8.10. The van der Waals surface area contributed by atoms with E-state index in [1.165, 1.54) is 6.26 Å². The molecule has 1 rings (SSSR count). The van der Waals surface area contributed by atoms with Gasteiger partial charge in [-0.1, -0.05) is 6.92 Å². The van der Waals surface area contributed by atoms with Gasteiger partial charge in [-0.3, -0.25) is 0 Å². The van der Waals surface area contributed by atoms with Crippen molar-refractivity contribution in [3.8, 4) is 0 Å². The lowest BCUT2D eigenvalue weighted by Gasteiger charge is -2.32. The molecule has 0 aliphatic rings. The van der Waals surface area contributed by atoms with E-state index in [1.54, 1.807) is 21.0 Å². The molecule has 0 saturated heterocycles. The molecule has 1 aromatic heterocycles. The van der Waals surface area contributed by atoms with Gasteiger partial charge in [0.2, 0.25) is 0 Å². The van der Waals surface area contributed by atoms with Crippen molar-refractivity contribution in [2.24, 2.45) is 0 Å². The molecule has 0 bridgehead atoms. The summed E-state index contributed by atoms with van der Waals surface area (Å²) < 4.78 is 33.9. The molecule has 0 spiro atoms. The lowest BCUT2D eigenvalue weighted by Crippen LogP contribution is -2.45. The first-order chi connectivity index (χ1) is 9.24. The van der Waals surface area contributed by atoms with Crippen molar-refractivity contribution in [1.82, 2.24) is 5.32 Å². The minimum Gasteiger partial charge on any atom is -0.462 e. The summed E-state index contributed by atoms with van der Waals surface area (Å²) >= 11 is 0. The standard InChI is InChI=1S/C14H25NO4S/c1-6-9-15-13(14(2,3)20(5,16)17)12-8-7-11(19-12)10-18-4/h7-8,13,15H,6,9-10H2,1-5H3. The zero-order valence-electron chi connectivity index (χ0n) is 12.9. The lowest BCUT2D eigenvalue weighted by atomic mass is 10.0. The molecule has 0 aromatic carbocycles. The molecule has 116 valence electrons. The Hall–Kier alpha value is -0.850. The van der Waals surface area contributed by atoms with E-state index in [2.05, 4.69) is 5.32 Å². The van der Waals surface area contributed by atoms with E-state index in [-0.39, 0.29) is 6.04 Å². The molecule has 0 radical (unpaired) electrons. The Kier molecular flexibility index (Phi) is 5.79. The second kappa shape index (κ2) is 6.74. The molecule has 0 amide bonds. The van der Waals surface area contributed by atoms with Crippen LogP contribution in [0.3, 0.4) is 0 Å². The maximum absolute atomic E-state index is 12.1. The van der Waals surface area contributed by atoms with Crippen LogP contribution in [0.4, 0.5) is 0 Å². The van der Waals surface area contributed by atoms with E-state index in [1.807, 2.05) is 19.1 Å². The number of sulfone groups is 1. The van der Waals surface area contributed by atoms with Gasteiger partial charge in [-0.25, -0.2) is 8.42 Å². The van der Waals surface area contributed by atoms with Crippen molar-refractivity contribution in [1.29, 1.82) is 0 Å². The number of nitrogens with one attached hydrogen (secondary N) is 1. The summed E-state index contributed by atoms with van der Waals surface area (Å²) in [4.78, 5) is 0. The molecular formula is C14H25NO4S. The normalized spacial score (nSPS) is 14.4. The monoisotopic (exact) mass is 303 g/mol. The van der Waals surface area contributed by atoms with Crippen LogP contribution in [0.15, 0.2) is 16.5 Å². The summed E-state index contributed by atoms with van der Waals surface area (Å²) in [7, 11) is -1.64. The largest absolute Gasteiger partial charge is 0.462 e. The number of hydrogen-bond donors (Lipinski definition) is 1. The summed E-state index contributed by atoms with van der Waals surface area (Å²) in [6.45, 7) is 6.57. The predicted molar refractivity (Wildman–Crippen MR) is 79.4 cm³/mol. The fourth-order valence-electron chi connectivity index (χ4n) is 1.96. The zero-order valence-corrected chi connectivity index (χ0v) is 13.7. The second-order valence-electron chi connectivity index (χ2n) is 5.50. The first-order valence-corrected chi connectivity index (χ1v) is 8.63. The number of ether oxygens (including phenoxy) is 1. The Bertz CT molecular complexity index is 519. The molecule has 1 unspecified atom stereocenters. The Balaban J connectivity index is 3.11. The smallest absolute Gasteiger partial charge is 0.154 e. The molecule has 0 fully saturated rings. The highest BCUT2D eigenvalue weighted by atomic mass is 32.2. The van der Waals surface area contributed by atoms with Crippen LogP contribution in [0.2, 0.25) is 0 Å². The van der Waals surface area contributed by atoms with Gasteiger partial charge in [-0.2, -0.15) is 0 Å². The Morgan fingerprint density at radius 1 is 1.40 bits per heavy atom. The van der Waals surface area contributed by atoms with Gasteiger partial charge in [0.1, 0.15) is 18.1 Å². The third kappa shape index (κ3) is 3.84. The fraction of sp³-hybridized carbons (Fsp3) is 0.714. The van der Waals surface area contributed by atoms with E-state index in [4.69, 9.17) is 9.15 Å². The van der Waals surface area contributed by atoms with Gasteiger partial charge in [0, 0.05) is 13.4 Å². The summed E-state index contributed by atoms with van der Waals surface area (Å²) in [6, 6.07) is 3.25. The maximum atomic E-state index is 12.1. The highest BCUT2D eigenvalue weighted by molar-refractivity contribution is 7.92. The van der Waals surface area contributed by atoms with E-state index in [9.17, 15) is 8.42 Å². The van der Waals surface area contributed by atoms with Crippen molar-refractivity contribution < 1.29 is 17.6 Å². The number of furan rings is 1. The maximum Gasteiger partial charge on any atom is 0.154 e. The minimum atomic E-state index is -3.24. The van der Waals surface area contributed by atoms with Crippen molar-refractivity contribution in [2.75, 3.05) is 19.9 Å². The lowest BCUT2D eigenvalue weighted by molar-refractivity contribution is 0.160. The quantitative estimate of drug-likeness (QED) is 0.798. The van der Waals surface area contributed by atoms with Crippen molar-refractivity contribution in [3.63, 3.8) is 0 Å². The van der Waals surface area contributed by atoms with E-state index >= 15 is 0 Å². The van der Waals surface area contributed by atoms with Gasteiger partial charge in [-0.15, -0.1) is 0 Å². The van der Waals surface area contributed by atoms with Gasteiger partial charge in [0.05, 0.1) is 10.8 Å². The van der Waals surface area contributed by atoms with Gasteiger partial charge in [0.25, 0.3) is 0 Å². The first kappa shape index (κ1) is 17.2. The van der Waals surface area contributed by atoms with Crippen LogP contribution >= 0.6 is 0 Å². The van der Waals surface area contributed by atoms with Crippen LogP contribution in [0.1, 0.15) is 44.8 Å². The summed E-state index contributed by atoms with van der Waals surface area (Å²) in [5, 5.41) is 3.27. The highest BCUT2D eigenvalue weighted by Crippen LogP contribution is 2.33. The molecule has 1 aromatic rings. The van der Waals surface area contributed by atoms with E-state index in [0.29, 0.717) is 18.1 Å². The first-order valence-electron chi connectivity index (χ1n) is 6.74. The SMILES string of the molecule is CCCNC(c1ccc(COC)o1)C(C)(C)S(C)(=O)=O. The average molecular weight is 303 g/mol. The van der Waals surface area contributed by atoms with Crippen molar-refractivity contribution in [2.45, 2.75) is 44.6 Å². The van der Waals surface area contributed by atoms with Crippen LogP contribution in [0.5, 0.6) is 0 Å². The van der Waals surface area contributed by atoms with Gasteiger partial charge in [0.15, 0.2) is 9.84 Å². The zero-order chi connectivity index (χ0) is 15.4. The van der Waals surface area contributed by atoms with E-state index in [0.717, 1.165) is 13.0 Å². The number of hydrogen-bond acceptors (Lipinski definition) is 5. The Morgan fingerprint density at radius 2 is 2.05 bits per heavy atom. The third-order valence-corrected chi connectivity index (χ3v) is 5.65. The molecule has 1 heterocycles. The molecule has 20 heavy (non-hydrogen) atoms. The third-order valence-electron chi connectivity index (χ3n) is 3.50. The molecule has 0 aliphatic heterocycles. The van der Waals surface area contributed by atoms with Gasteiger partial charge in [-0.05, 0) is 38.9 Å². The van der Waals surface area contributed by atoms with Crippen LogP contribution in [0.25, 0.3) is 0 Å². The summed E-state index contributed by atoms with van der Waals surface area (Å²) in [5.74, 6) is 1.32. The molecular weight excluding hydrogens is 278 g/mol. The predicted octanol–water partition coefficient (Wildman–Crippen LogP) is 2.29. The minimum absolute atomic E-state index is 0.375. The topological polar surface area (TPSA) is 68.5 Å². The summed E-state index contributed by atoms with van der Waals surface area (Å²) in [5.41, 5.74) is 0. The summed E-state index contributed by atoms with van der Waals surface area (Å²) in [6.07, 6.45) is 2.18. The van der Waals surface area contributed by atoms with Crippen LogP contribution < -0.4 is 5.32 Å². The Labute approximate surface area is 121 Å². The molecule has 0 saturated carbocycles. The van der Waals surface area contributed by atoms with Crippen molar-refractivity contribution in [3.05, 3.63) is 23.7 Å². The molecule has 1 N–H and O–H groups in total. The van der Waals surface area contributed by atoms with Crippen LogP contribution in [-0.2, 0) is 21.2 Å². The highest BCUT2D eigenvalue weighted by Gasteiger charge is 2.41. The number of rotatable bonds is 8. The van der Waals surface area contributed by atoms with Crippen molar-refractivity contribution >= 4 is 9.84 Å². The molecule has 1 atom stereocenters. The van der Waals surface area contributed by atoms with Crippen LogP contribution in [0, 0.1) is 0 Å². The van der Waals surface area contributed by atoms with E-state index < -0.39 is 14.6 Å². The van der Waals surface area contributed by atoms with Gasteiger partial charge >= 0.3 is 0 Å².